The minimum Gasteiger partial charge on any atom is -0.257 e. The number of aromatic nitrogens is 1. The third kappa shape index (κ3) is 2.70. The van der Waals surface area contributed by atoms with Crippen molar-refractivity contribution in [2.75, 3.05) is 6.26 Å². The summed E-state index contributed by atoms with van der Waals surface area (Å²) >= 11 is 1.73. The quantitative estimate of drug-likeness (QED) is 0.809. The molecule has 0 atom stereocenters. The SMILES string of the molecule is CSC1=C(c2ccccn2)CCC=C1c1ccccc1C#N. The molecule has 0 aliphatic heterocycles. The van der Waals surface area contributed by atoms with Crippen LogP contribution >= 0.6 is 11.8 Å². The Kier molecular flexibility index (Phi) is 4.41. The van der Waals surface area contributed by atoms with Gasteiger partial charge >= 0.3 is 0 Å². The molecule has 0 N–H and O–H groups in total. The molecule has 0 saturated heterocycles. The summed E-state index contributed by atoms with van der Waals surface area (Å²) in [6, 6.07) is 16.1. The van der Waals surface area contributed by atoms with Crippen molar-refractivity contribution in [1.82, 2.24) is 4.98 Å². The summed E-state index contributed by atoms with van der Waals surface area (Å²) in [5.74, 6) is 0. The molecule has 0 radical (unpaired) electrons. The van der Waals surface area contributed by atoms with Crippen LogP contribution < -0.4 is 0 Å². The van der Waals surface area contributed by atoms with Crippen LogP contribution in [0.2, 0.25) is 0 Å². The van der Waals surface area contributed by atoms with Crippen molar-refractivity contribution in [3.8, 4) is 6.07 Å². The Morgan fingerprint density at radius 3 is 2.68 bits per heavy atom. The summed E-state index contributed by atoms with van der Waals surface area (Å²) in [6.45, 7) is 0. The van der Waals surface area contributed by atoms with E-state index in [0.717, 1.165) is 35.2 Å². The monoisotopic (exact) mass is 304 g/mol. The van der Waals surface area contributed by atoms with E-state index in [1.165, 1.54) is 10.5 Å². The van der Waals surface area contributed by atoms with Crippen molar-refractivity contribution in [1.29, 1.82) is 5.26 Å². The number of thioether (sulfide) groups is 1. The van der Waals surface area contributed by atoms with Gasteiger partial charge in [-0.25, -0.2) is 0 Å². The Labute approximate surface area is 135 Å². The van der Waals surface area contributed by atoms with Crippen LogP contribution in [-0.4, -0.2) is 11.2 Å². The van der Waals surface area contributed by atoms with Crippen molar-refractivity contribution in [3.63, 3.8) is 0 Å². The van der Waals surface area contributed by atoms with Gasteiger partial charge in [0, 0.05) is 16.7 Å². The molecule has 0 unspecified atom stereocenters. The minimum atomic E-state index is 0.725. The van der Waals surface area contributed by atoms with E-state index in [4.69, 9.17) is 0 Å². The molecule has 3 rings (SSSR count). The molecule has 0 spiro atoms. The van der Waals surface area contributed by atoms with Crippen LogP contribution in [0.5, 0.6) is 0 Å². The minimum absolute atomic E-state index is 0.725. The Hall–Kier alpha value is -2.31. The molecule has 0 fully saturated rings. The fourth-order valence-electron chi connectivity index (χ4n) is 2.80. The molecular formula is C19H16N2S. The molecule has 1 aliphatic carbocycles. The lowest BCUT2D eigenvalue weighted by Gasteiger charge is -2.21. The number of hydrogen-bond acceptors (Lipinski definition) is 3. The standard InChI is InChI=1S/C19H16N2S/c1-22-19-16(15-8-3-2-7-14(15)13-20)9-6-10-17(19)18-11-4-5-12-21-18/h2-5,7-9,11-12H,6,10H2,1H3. The molecule has 0 amide bonds. The van der Waals surface area contributed by atoms with Crippen LogP contribution in [0.3, 0.4) is 0 Å². The molecule has 0 bridgehead atoms. The van der Waals surface area contributed by atoms with Gasteiger partial charge < -0.3 is 0 Å². The first kappa shape index (κ1) is 14.6. The molecule has 1 heterocycles. The molecular weight excluding hydrogens is 288 g/mol. The molecule has 2 nitrogen and oxygen atoms in total. The van der Waals surface area contributed by atoms with Gasteiger partial charge in [-0.15, -0.1) is 11.8 Å². The summed E-state index contributed by atoms with van der Waals surface area (Å²) < 4.78 is 0. The van der Waals surface area contributed by atoms with Gasteiger partial charge in [0.2, 0.25) is 0 Å². The molecule has 1 aliphatic rings. The zero-order valence-electron chi connectivity index (χ0n) is 12.4. The number of nitrogens with zero attached hydrogens (tertiary/aromatic N) is 2. The molecule has 2 aromatic rings. The van der Waals surface area contributed by atoms with Crippen LogP contribution in [0.15, 0.2) is 59.6 Å². The lowest BCUT2D eigenvalue weighted by Crippen LogP contribution is -2.01. The van der Waals surface area contributed by atoms with Gasteiger partial charge in [0.05, 0.1) is 17.3 Å². The number of rotatable bonds is 3. The fraction of sp³-hybridized carbons (Fsp3) is 0.158. The van der Waals surface area contributed by atoms with Crippen molar-refractivity contribution in [2.24, 2.45) is 0 Å². The highest BCUT2D eigenvalue weighted by atomic mass is 32.2. The van der Waals surface area contributed by atoms with Crippen LogP contribution in [0.25, 0.3) is 11.1 Å². The Morgan fingerprint density at radius 1 is 1.14 bits per heavy atom. The number of nitriles is 1. The summed E-state index contributed by atoms with van der Waals surface area (Å²) in [5.41, 5.74) is 5.21. The lowest BCUT2D eigenvalue weighted by molar-refractivity contribution is 1.04. The van der Waals surface area contributed by atoms with E-state index >= 15 is 0 Å². The molecule has 1 aromatic carbocycles. The molecule has 22 heavy (non-hydrogen) atoms. The largest absolute Gasteiger partial charge is 0.257 e. The van der Waals surface area contributed by atoms with Crippen molar-refractivity contribution in [3.05, 3.63) is 76.5 Å². The topological polar surface area (TPSA) is 36.7 Å². The highest BCUT2D eigenvalue weighted by Crippen LogP contribution is 2.42. The highest BCUT2D eigenvalue weighted by Gasteiger charge is 2.20. The molecule has 108 valence electrons. The Morgan fingerprint density at radius 2 is 1.95 bits per heavy atom. The molecule has 3 heteroatoms. The maximum atomic E-state index is 9.38. The Bertz CT molecular complexity index is 783. The van der Waals surface area contributed by atoms with Crippen LogP contribution in [0, 0.1) is 11.3 Å². The maximum Gasteiger partial charge on any atom is 0.0998 e. The van der Waals surface area contributed by atoms with Gasteiger partial charge in [0.15, 0.2) is 0 Å². The van der Waals surface area contributed by atoms with Gasteiger partial charge in [-0.1, -0.05) is 30.3 Å². The number of pyridine rings is 1. The van der Waals surface area contributed by atoms with Gasteiger partial charge in [-0.3, -0.25) is 4.98 Å². The van der Waals surface area contributed by atoms with Crippen LogP contribution in [-0.2, 0) is 0 Å². The number of hydrogen-bond donors (Lipinski definition) is 0. The van der Waals surface area contributed by atoms with E-state index in [1.807, 2.05) is 42.6 Å². The van der Waals surface area contributed by atoms with Crippen molar-refractivity contribution >= 4 is 22.9 Å². The van der Waals surface area contributed by atoms with Gasteiger partial charge in [0.25, 0.3) is 0 Å². The van der Waals surface area contributed by atoms with Gasteiger partial charge in [-0.2, -0.15) is 5.26 Å². The number of benzene rings is 1. The second kappa shape index (κ2) is 6.64. The zero-order valence-corrected chi connectivity index (χ0v) is 13.2. The van der Waals surface area contributed by atoms with Crippen LogP contribution in [0.4, 0.5) is 0 Å². The number of allylic oxidation sites excluding steroid dienone is 3. The average molecular weight is 304 g/mol. The van der Waals surface area contributed by atoms with E-state index in [9.17, 15) is 5.26 Å². The van der Waals surface area contributed by atoms with Crippen molar-refractivity contribution < 1.29 is 0 Å². The summed E-state index contributed by atoms with van der Waals surface area (Å²) in [5, 5.41) is 9.38. The molecule has 0 saturated carbocycles. The smallest absolute Gasteiger partial charge is 0.0998 e. The first-order chi connectivity index (χ1) is 10.8. The summed E-state index contributed by atoms with van der Waals surface area (Å²) in [4.78, 5) is 5.74. The first-order valence-electron chi connectivity index (χ1n) is 7.23. The predicted molar refractivity (Wildman–Crippen MR) is 93.0 cm³/mol. The van der Waals surface area contributed by atoms with Gasteiger partial charge in [-0.05, 0) is 48.4 Å². The van der Waals surface area contributed by atoms with E-state index in [-0.39, 0.29) is 0 Å². The summed E-state index contributed by atoms with van der Waals surface area (Å²) in [7, 11) is 0. The Balaban J connectivity index is 2.15. The normalized spacial score (nSPS) is 14.5. The van der Waals surface area contributed by atoms with E-state index < -0.39 is 0 Å². The lowest BCUT2D eigenvalue weighted by atomic mass is 9.90. The molecule has 1 aromatic heterocycles. The predicted octanol–water partition coefficient (Wildman–Crippen LogP) is 4.90. The van der Waals surface area contributed by atoms with Crippen LogP contribution in [0.1, 0.15) is 29.7 Å². The summed E-state index contributed by atoms with van der Waals surface area (Å²) in [6.07, 6.45) is 8.14. The first-order valence-corrected chi connectivity index (χ1v) is 8.46. The second-order valence-electron chi connectivity index (χ2n) is 5.04. The third-order valence-corrected chi connectivity index (χ3v) is 4.65. The maximum absolute atomic E-state index is 9.38. The van der Waals surface area contributed by atoms with Gasteiger partial charge in [0.1, 0.15) is 0 Å². The fourth-order valence-corrected chi connectivity index (χ4v) is 3.66. The zero-order chi connectivity index (χ0) is 15.4. The highest BCUT2D eigenvalue weighted by molar-refractivity contribution is 8.03. The van der Waals surface area contributed by atoms with Crippen molar-refractivity contribution in [2.45, 2.75) is 12.8 Å². The second-order valence-corrected chi connectivity index (χ2v) is 5.86. The third-order valence-electron chi connectivity index (χ3n) is 3.78. The average Bonchev–Trinajstić information content (AvgIpc) is 2.61. The van der Waals surface area contributed by atoms with E-state index in [2.05, 4.69) is 29.5 Å². The van der Waals surface area contributed by atoms with E-state index in [0.29, 0.717) is 0 Å². The van der Waals surface area contributed by atoms with E-state index in [1.54, 1.807) is 11.8 Å².